The topological polar surface area (TPSA) is 74.1 Å². The molecule has 4 rings (SSSR count). The van der Waals surface area contributed by atoms with Crippen molar-refractivity contribution in [3.63, 3.8) is 0 Å². The average Bonchev–Trinajstić information content (AvgIpc) is 3.45. The number of rotatable bonds is 6. The molecule has 170 valence electrons. The summed E-state index contributed by atoms with van der Waals surface area (Å²) in [6.07, 6.45) is 1.51. The van der Waals surface area contributed by atoms with Gasteiger partial charge in [0.15, 0.2) is 0 Å². The van der Waals surface area contributed by atoms with Crippen LogP contribution in [0.2, 0.25) is 10.0 Å². The van der Waals surface area contributed by atoms with E-state index in [0.29, 0.717) is 27.1 Å². The van der Waals surface area contributed by atoms with Gasteiger partial charge < -0.3 is 14.2 Å². The van der Waals surface area contributed by atoms with Crippen LogP contribution in [0.5, 0.6) is 0 Å². The standard InChI is InChI=1S/C24H21Cl2N3O4/c1-16-20(26)5-2-6-21(16)29-15-28(14-23(29)31)22(30)13-27(12-19-4-3-11-33-19)24(32)17-7-9-18(25)10-8-17/h2-11H,12-15H2,1H3. The van der Waals surface area contributed by atoms with Gasteiger partial charge in [0, 0.05) is 21.3 Å². The van der Waals surface area contributed by atoms with Crippen molar-refractivity contribution in [3.8, 4) is 0 Å². The van der Waals surface area contributed by atoms with E-state index >= 15 is 0 Å². The van der Waals surface area contributed by atoms with Crippen molar-refractivity contribution >= 4 is 46.6 Å². The SMILES string of the molecule is Cc1c(Cl)cccc1N1CN(C(=O)CN(Cc2ccco2)C(=O)c2ccc(Cl)cc2)CC1=O. The highest BCUT2D eigenvalue weighted by Gasteiger charge is 2.34. The van der Waals surface area contributed by atoms with Crippen molar-refractivity contribution in [1.82, 2.24) is 9.80 Å². The third-order valence-corrected chi connectivity index (χ3v) is 6.11. The van der Waals surface area contributed by atoms with Crippen LogP contribution in [0.3, 0.4) is 0 Å². The first kappa shape index (κ1) is 22.9. The maximum Gasteiger partial charge on any atom is 0.254 e. The molecule has 9 heteroatoms. The number of anilines is 1. The van der Waals surface area contributed by atoms with Crippen LogP contribution in [0.25, 0.3) is 0 Å². The average molecular weight is 486 g/mol. The molecule has 7 nitrogen and oxygen atoms in total. The minimum absolute atomic E-state index is 0.0749. The Bertz CT molecular complexity index is 1180. The fraction of sp³-hybridized carbons (Fsp3) is 0.208. The molecule has 2 aromatic carbocycles. The van der Waals surface area contributed by atoms with Crippen molar-refractivity contribution in [2.45, 2.75) is 13.5 Å². The molecule has 1 aliphatic heterocycles. The van der Waals surface area contributed by atoms with Gasteiger partial charge in [0.1, 0.15) is 25.5 Å². The number of benzene rings is 2. The predicted molar refractivity (Wildman–Crippen MR) is 125 cm³/mol. The molecule has 0 saturated carbocycles. The quantitative estimate of drug-likeness (QED) is 0.519. The molecule has 2 heterocycles. The van der Waals surface area contributed by atoms with E-state index in [9.17, 15) is 14.4 Å². The van der Waals surface area contributed by atoms with Crippen LogP contribution in [-0.2, 0) is 16.1 Å². The molecule has 1 aliphatic rings. The molecular formula is C24H21Cl2N3O4. The summed E-state index contributed by atoms with van der Waals surface area (Å²) in [5.74, 6) is -0.363. The third kappa shape index (κ3) is 5.05. The lowest BCUT2D eigenvalue weighted by Gasteiger charge is -2.25. The van der Waals surface area contributed by atoms with Gasteiger partial charge in [-0.1, -0.05) is 29.3 Å². The zero-order valence-electron chi connectivity index (χ0n) is 17.8. The first-order valence-corrected chi connectivity index (χ1v) is 11.0. The third-order valence-electron chi connectivity index (χ3n) is 5.45. The molecule has 0 N–H and O–H groups in total. The van der Waals surface area contributed by atoms with E-state index in [0.717, 1.165) is 5.56 Å². The van der Waals surface area contributed by atoms with Gasteiger partial charge >= 0.3 is 0 Å². The summed E-state index contributed by atoms with van der Waals surface area (Å²) in [6.45, 7) is 1.74. The van der Waals surface area contributed by atoms with Gasteiger partial charge in [0.05, 0.1) is 12.8 Å². The summed E-state index contributed by atoms with van der Waals surface area (Å²) in [5.41, 5.74) is 1.82. The molecule has 0 atom stereocenters. The van der Waals surface area contributed by atoms with E-state index in [1.54, 1.807) is 54.6 Å². The van der Waals surface area contributed by atoms with Crippen molar-refractivity contribution in [2.24, 2.45) is 0 Å². The lowest BCUT2D eigenvalue weighted by atomic mass is 10.2. The zero-order valence-corrected chi connectivity index (χ0v) is 19.3. The number of carbonyl (C=O) groups excluding carboxylic acids is 3. The van der Waals surface area contributed by atoms with E-state index < -0.39 is 0 Å². The van der Waals surface area contributed by atoms with Gasteiger partial charge in [-0.05, 0) is 61.0 Å². The summed E-state index contributed by atoms with van der Waals surface area (Å²) < 4.78 is 5.38. The Morgan fingerprint density at radius 1 is 1.06 bits per heavy atom. The molecule has 0 spiro atoms. The Morgan fingerprint density at radius 2 is 1.82 bits per heavy atom. The van der Waals surface area contributed by atoms with Gasteiger partial charge in [-0.25, -0.2) is 0 Å². The maximum absolute atomic E-state index is 13.1. The number of furan rings is 1. The number of amides is 3. The van der Waals surface area contributed by atoms with Crippen molar-refractivity contribution in [2.75, 3.05) is 24.7 Å². The van der Waals surface area contributed by atoms with Gasteiger partial charge in [-0.15, -0.1) is 0 Å². The van der Waals surface area contributed by atoms with Crippen LogP contribution < -0.4 is 4.90 Å². The summed E-state index contributed by atoms with van der Waals surface area (Å²) in [4.78, 5) is 43.3. The molecule has 33 heavy (non-hydrogen) atoms. The number of nitrogens with zero attached hydrogens (tertiary/aromatic N) is 3. The largest absolute Gasteiger partial charge is 0.467 e. The maximum atomic E-state index is 13.1. The summed E-state index contributed by atoms with van der Waals surface area (Å²) >= 11 is 12.1. The first-order chi connectivity index (χ1) is 15.8. The fourth-order valence-electron chi connectivity index (χ4n) is 3.64. The lowest BCUT2D eigenvalue weighted by molar-refractivity contribution is -0.132. The van der Waals surface area contributed by atoms with E-state index in [4.69, 9.17) is 27.6 Å². The first-order valence-electron chi connectivity index (χ1n) is 10.2. The Hall–Kier alpha value is -3.29. The Kier molecular flexibility index (Phi) is 6.72. The monoisotopic (exact) mass is 485 g/mol. The second-order valence-electron chi connectivity index (χ2n) is 7.69. The van der Waals surface area contributed by atoms with Crippen molar-refractivity contribution in [1.29, 1.82) is 0 Å². The smallest absolute Gasteiger partial charge is 0.254 e. The molecular weight excluding hydrogens is 465 g/mol. The molecule has 0 unspecified atom stereocenters. The van der Waals surface area contributed by atoms with Crippen LogP contribution in [-0.4, -0.2) is 47.3 Å². The molecule has 0 bridgehead atoms. The summed E-state index contributed by atoms with van der Waals surface area (Å²) in [6, 6.07) is 15.2. The minimum Gasteiger partial charge on any atom is -0.467 e. The van der Waals surface area contributed by atoms with E-state index in [-0.39, 0.29) is 44.0 Å². The number of carbonyl (C=O) groups is 3. The molecule has 1 aromatic heterocycles. The second kappa shape index (κ2) is 9.68. The van der Waals surface area contributed by atoms with Crippen LogP contribution in [0, 0.1) is 6.92 Å². The second-order valence-corrected chi connectivity index (χ2v) is 8.53. The van der Waals surface area contributed by atoms with Gasteiger partial charge in [0.25, 0.3) is 5.91 Å². The van der Waals surface area contributed by atoms with Crippen LogP contribution in [0.4, 0.5) is 5.69 Å². The molecule has 1 saturated heterocycles. The lowest BCUT2D eigenvalue weighted by Crippen LogP contribution is -2.42. The van der Waals surface area contributed by atoms with Gasteiger partial charge in [-0.2, -0.15) is 0 Å². The summed E-state index contributed by atoms with van der Waals surface area (Å²) in [7, 11) is 0. The Labute approximate surface area is 201 Å². The summed E-state index contributed by atoms with van der Waals surface area (Å²) in [5, 5.41) is 1.05. The van der Waals surface area contributed by atoms with Gasteiger partial charge in [-0.3, -0.25) is 19.3 Å². The van der Waals surface area contributed by atoms with E-state index in [1.165, 1.54) is 21.0 Å². The zero-order chi connectivity index (χ0) is 23.5. The van der Waals surface area contributed by atoms with Gasteiger partial charge in [0.2, 0.25) is 11.8 Å². The fourth-order valence-corrected chi connectivity index (χ4v) is 3.94. The Morgan fingerprint density at radius 3 is 2.52 bits per heavy atom. The predicted octanol–water partition coefficient (Wildman–Crippen LogP) is 4.37. The number of halogens is 2. The molecule has 3 aromatic rings. The van der Waals surface area contributed by atoms with Crippen LogP contribution >= 0.6 is 23.2 Å². The molecule has 3 amide bonds. The molecule has 1 fully saturated rings. The number of hydrogen-bond donors (Lipinski definition) is 0. The highest BCUT2D eigenvalue weighted by Crippen LogP contribution is 2.29. The highest BCUT2D eigenvalue weighted by atomic mass is 35.5. The van der Waals surface area contributed by atoms with E-state index in [2.05, 4.69) is 0 Å². The minimum atomic E-state index is -0.348. The van der Waals surface area contributed by atoms with Crippen LogP contribution in [0.1, 0.15) is 21.7 Å². The van der Waals surface area contributed by atoms with Crippen molar-refractivity contribution < 1.29 is 18.8 Å². The number of hydrogen-bond acceptors (Lipinski definition) is 4. The Balaban J connectivity index is 1.51. The van der Waals surface area contributed by atoms with E-state index in [1.807, 2.05) is 6.92 Å². The van der Waals surface area contributed by atoms with Crippen LogP contribution in [0.15, 0.2) is 65.3 Å². The molecule has 0 aliphatic carbocycles. The normalized spacial score (nSPS) is 13.5. The van der Waals surface area contributed by atoms with Crippen molar-refractivity contribution in [3.05, 3.63) is 87.8 Å². The molecule has 0 radical (unpaired) electrons. The highest BCUT2D eigenvalue weighted by molar-refractivity contribution is 6.32.